The van der Waals surface area contributed by atoms with Crippen LogP contribution in [0.1, 0.15) is 57.8 Å². The minimum atomic E-state index is -0.435. The third kappa shape index (κ3) is 2.87. The first-order valence-corrected chi connectivity index (χ1v) is 7.43. The second-order valence-corrected chi connectivity index (χ2v) is 5.14. The summed E-state index contributed by atoms with van der Waals surface area (Å²) in [4.78, 5) is 4.57. The Kier molecular flexibility index (Phi) is 5.12. The molecule has 0 amide bonds. The van der Waals surface area contributed by atoms with Gasteiger partial charge in [-0.25, -0.2) is 0 Å². The molecule has 6 heteroatoms. The van der Waals surface area contributed by atoms with Crippen LogP contribution in [-0.4, -0.2) is 36.5 Å². The van der Waals surface area contributed by atoms with Crippen LogP contribution in [0, 0.1) is 0 Å². The highest BCUT2D eigenvalue weighted by atomic mass is 16.5. The number of methoxy groups -OCH3 is 1. The predicted octanol–water partition coefficient (Wildman–Crippen LogP) is 2.17. The summed E-state index contributed by atoms with van der Waals surface area (Å²) >= 11 is 0. The smallest absolute Gasteiger partial charge is 0.243 e. The lowest BCUT2D eigenvalue weighted by molar-refractivity contribution is -0.0583. The highest BCUT2D eigenvalue weighted by Crippen LogP contribution is 2.32. The molecule has 0 saturated carbocycles. The molecule has 1 aliphatic heterocycles. The molecular weight excluding hydrogens is 258 g/mol. The first-order chi connectivity index (χ1) is 9.69. The van der Waals surface area contributed by atoms with E-state index in [1.807, 2.05) is 6.92 Å². The molecule has 1 aliphatic rings. The number of rotatable bonds is 7. The summed E-state index contributed by atoms with van der Waals surface area (Å²) in [6.45, 7) is 7.62. The third-order valence-corrected chi connectivity index (χ3v) is 4.13. The minimum Gasteiger partial charge on any atom is -0.380 e. The van der Waals surface area contributed by atoms with Crippen LogP contribution >= 0.6 is 0 Å². The van der Waals surface area contributed by atoms with E-state index < -0.39 is 5.60 Å². The average molecular weight is 283 g/mol. The van der Waals surface area contributed by atoms with Gasteiger partial charge in [-0.3, -0.25) is 0 Å². The van der Waals surface area contributed by atoms with Crippen LogP contribution in [0.2, 0.25) is 0 Å². The van der Waals surface area contributed by atoms with Gasteiger partial charge in [-0.05, 0) is 26.2 Å². The molecule has 0 radical (unpaired) electrons. The third-order valence-electron chi connectivity index (χ3n) is 4.13. The fourth-order valence-corrected chi connectivity index (χ4v) is 2.74. The molecule has 0 unspecified atom stereocenters. The topological polar surface area (TPSA) is 69.4 Å². The maximum absolute atomic E-state index is 5.90. The van der Waals surface area contributed by atoms with Gasteiger partial charge in [-0.2, -0.15) is 4.98 Å². The molecule has 2 heterocycles. The predicted molar refractivity (Wildman–Crippen MR) is 74.3 cm³/mol. The number of ether oxygens (including phenoxy) is 2. The molecule has 1 fully saturated rings. The Bertz CT molecular complexity index is 418. The van der Waals surface area contributed by atoms with Crippen molar-refractivity contribution in [2.24, 2.45) is 0 Å². The van der Waals surface area contributed by atoms with Crippen LogP contribution in [0.4, 0.5) is 0 Å². The number of hydrogen-bond acceptors (Lipinski definition) is 6. The normalized spacial score (nSPS) is 23.4. The summed E-state index contributed by atoms with van der Waals surface area (Å²) in [5.74, 6) is 1.28. The molecule has 2 rings (SSSR count). The first kappa shape index (κ1) is 15.4. The summed E-state index contributed by atoms with van der Waals surface area (Å²) in [5.41, 5.74) is -0.435. The minimum absolute atomic E-state index is 0.0780. The molecular formula is C14H25N3O3. The molecule has 1 saturated heterocycles. The van der Waals surface area contributed by atoms with E-state index in [9.17, 15) is 0 Å². The van der Waals surface area contributed by atoms with E-state index in [1.54, 1.807) is 7.11 Å². The van der Waals surface area contributed by atoms with Gasteiger partial charge in [-0.1, -0.05) is 19.0 Å². The van der Waals surface area contributed by atoms with Crippen LogP contribution in [-0.2, 0) is 15.1 Å². The maximum Gasteiger partial charge on any atom is 0.243 e. The van der Waals surface area contributed by atoms with E-state index in [0.29, 0.717) is 18.3 Å². The molecule has 6 nitrogen and oxygen atoms in total. The highest BCUT2D eigenvalue weighted by molar-refractivity contribution is 5.04. The molecule has 0 aliphatic carbocycles. The van der Waals surface area contributed by atoms with Gasteiger partial charge in [0.1, 0.15) is 5.60 Å². The van der Waals surface area contributed by atoms with Crippen molar-refractivity contribution in [3.8, 4) is 0 Å². The molecule has 1 aromatic heterocycles. The Labute approximate surface area is 120 Å². The van der Waals surface area contributed by atoms with Crippen LogP contribution in [0.15, 0.2) is 4.52 Å². The van der Waals surface area contributed by atoms with Gasteiger partial charge >= 0.3 is 0 Å². The quantitative estimate of drug-likeness (QED) is 0.827. The Morgan fingerprint density at radius 3 is 2.65 bits per heavy atom. The van der Waals surface area contributed by atoms with Crippen molar-refractivity contribution in [1.82, 2.24) is 15.5 Å². The second-order valence-electron chi connectivity index (χ2n) is 5.14. The number of hydrogen-bond donors (Lipinski definition) is 1. The van der Waals surface area contributed by atoms with E-state index in [-0.39, 0.29) is 12.1 Å². The molecule has 1 aromatic rings. The average Bonchev–Trinajstić information content (AvgIpc) is 3.13. The van der Waals surface area contributed by atoms with E-state index >= 15 is 0 Å². The molecule has 0 spiro atoms. The maximum atomic E-state index is 5.90. The van der Waals surface area contributed by atoms with Crippen molar-refractivity contribution in [2.75, 3.05) is 20.3 Å². The molecule has 1 N–H and O–H groups in total. The Morgan fingerprint density at radius 2 is 2.10 bits per heavy atom. The Morgan fingerprint density at radius 1 is 1.35 bits per heavy atom. The lowest BCUT2D eigenvalue weighted by Crippen LogP contribution is -2.30. The Hall–Kier alpha value is -0.980. The van der Waals surface area contributed by atoms with Crippen molar-refractivity contribution < 1.29 is 14.0 Å². The van der Waals surface area contributed by atoms with E-state index in [1.165, 1.54) is 0 Å². The number of nitrogens with zero attached hydrogens (tertiary/aromatic N) is 2. The summed E-state index contributed by atoms with van der Waals surface area (Å²) in [7, 11) is 1.72. The monoisotopic (exact) mass is 283 g/mol. The summed E-state index contributed by atoms with van der Waals surface area (Å²) in [6, 6.07) is 0.0780. The molecule has 2 atom stereocenters. The SMILES string of the molecule is CCOC(CC)(CC)c1noc([C@H]2C[C@H](OC)CN2)n1. The van der Waals surface area contributed by atoms with Crippen molar-refractivity contribution in [3.63, 3.8) is 0 Å². The highest BCUT2D eigenvalue weighted by Gasteiger charge is 2.36. The van der Waals surface area contributed by atoms with Gasteiger partial charge < -0.3 is 19.3 Å². The second kappa shape index (κ2) is 6.65. The van der Waals surface area contributed by atoms with E-state index in [2.05, 4.69) is 29.3 Å². The molecule has 114 valence electrons. The van der Waals surface area contributed by atoms with Crippen molar-refractivity contribution in [3.05, 3.63) is 11.7 Å². The number of nitrogens with one attached hydrogen (secondary N) is 1. The van der Waals surface area contributed by atoms with Gasteiger partial charge in [0.05, 0.1) is 12.1 Å². The lowest BCUT2D eigenvalue weighted by atomic mass is 9.96. The first-order valence-electron chi connectivity index (χ1n) is 7.43. The molecule has 0 aromatic carbocycles. The summed E-state index contributed by atoms with van der Waals surface area (Å²) in [6.07, 6.45) is 2.73. The van der Waals surface area contributed by atoms with Gasteiger partial charge in [0.2, 0.25) is 11.7 Å². The standard InChI is InChI=1S/C14H25N3O3/c1-5-14(6-2,19-7-3)13-16-12(20-17-13)11-8-10(18-4)9-15-11/h10-11,15H,5-9H2,1-4H3/t10-,11+/m0/s1. The Balaban J connectivity index is 2.15. The zero-order chi connectivity index (χ0) is 14.6. The largest absolute Gasteiger partial charge is 0.380 e. The van der Waals surface area contributed by atoms with Gasteiger partial charge in [0.15, 0.2) is 0 Å². The molecule has 20 heavy (non-hydrogen) atoms. The van der Waals surface area contributed by atoms with Crippen LogP contribution in [0.5, 0.6) is 0 Å². The van der Waals surface area contributed by atoms with Gasteiger partial charge in [-0.15, -0.1) is 0 Å². The zero-order valence-electron chi connectivity index (χ0n) is 12.8. The fourth-order valence-electron chi connectivity index (χ4n) is 2.74. The van der Waals surface area contributed by atoms with Crippen LogP contribution in [0.3, 0.4) is 0 Å². The van der Waals surface area contributed by atoms with Crippen LogP contribution in [0.25, 0.3) is 0 Å². The van der Waals surface area contributed by atoms with Crippen molar-refractivity contribution >= 4 is 0 Å². The zero-order valence-corrected chi connectivity index (χ0v) is 12.8. The summed E-state index contributed by atoms with van der Waals surface area (Å²) < 4.78 is 16.7. The molecule has 0 bridgehead atoms. The van der Waals surface area contributed by atoms with Gasteiger partial charge in [0.25, 0.3) is 0 Å². The van der Waals surface area contributed by atoms with Crippen molar-refractivity contribution in [1.29, 1.82) is 0 Å². The van der Waals surface area contributed by atoms with Gasteiger partial charge in [0, 0.05) is 20.3 Å². The van der Waals surface area contributed by atoms with Crippen LogP contribution < -0.4 is 5.32 Å². The number of aromatic nitrogens is 2. The summed E-state index contributed by atoms with van der Waals surface area (Å²) in [5, 5.41) is 7.50. The fraction of sp³-hybridized carbons (Fsp3) is 0.857. The lowest BCUT2D eigenvalue weighted by Gasteiger charge is -2.27. The van der Waals surface area contributed by atoms with Crippen molar-refractivity contribution in [2.45, 2.75) is 57.8 Å². The van der Waals surface area contributed by atoms with E-state index in [0.717, 1.165) is 25.8 Å². The van der Waals surface area contributed by atoms with E-state index in [4.69, 9.17) is 14.0 Å².